The molecule has 21 heavy (non-hydrogen) atoms. The van der Waals surface area contributed by atoms with Crippen LogP contribution in [0.2, 0.25) is 0 Å². The van der Waals surface area contributed by atoms with Crippen molar-refractivity contribution in [3.05, 3.63) is 24.2 Å². The molecule has 6 nitrogen and oxygen atoms in total. The van der Waals surface area contributed by atoms with Crippen LogP contribution >= 0.6 is 0 Å². The van der Waals surface area contributed by atoms with Crippen molar-refractivity contribution < 1.29 is 8.42 Å². The van der Waals surface area contributed by atoms with Gasteiger partial charge in [0.2, 0.25) is 10.0 Å². The van der Waals surface area contributed by atoms with Crippen LogP contribution in [0, 0.1) is 6.92 Å². The molecule has 0 spiro atoms. The standard InChI is InChI=1S/C14H20N4O2S/c1-3-9-21(19,20)17-8-6-12(10-17)18-11(2)16-13-5-4-7-15-14(13)18/h4-5,7,12H,3,6,8-10H2,1-2H3/t12-/m1/s1. The molecule has 0 aliphatic carbocycles. The Labute approximate surface area is 124 Å². The van der Waals surface area contributed by atoms with Crippen LogP contribution in [0.3, 0.4) is 0 Å². The summed E-state index contributed by atoms with van der Waals surface area (Å²) in [5, 5.41) is 0. The molecule has 0 radical (unpaired) electrons. The summed E-state index contributed by atoms with van der Waals surface area (Å²) in [5.41, 5.74) is 1.71. The van der Waals surface area contributed by atoms with E-state index in [4.69, 9.17) is 0 Å². The minimum atomic E-state index is -3.12. The maximum atomic E-state index is 12.2. The number of sulfonamides is 1. The number of nitrogens with zero attached hydrogens (tertiary/aromatic N) is 4. The van der Waals surface area contributed by atoms with Crippen LogP contribution in [0.1, 0.15) is 31.6 Å². The van der Waals surface area contributed by atoms with Crippen molar-refractivity contribution in [2.24, 2.45) is 0 Å². The van der Waals surface area contributed by atoms with Gasteiger partial charge in [0.05, 0.1) is 11.8 Å². The van der Waals surface area contributed by atoms with Crippen LogP contribution < -0.4 is 0 Å². The molecule has 0 aromatic carbocycles. The fourth-order valence-corrected chi connectivity index (χ4v) is 4.60. The highest BCUT2D eigenvalue weighted by Gasteiger charge is 2.33. The largest absolute Gasteiger partial charge is 0.308 e. The van der Waals surface area contributed by atoms with E-state index in [1.807, 2.05) is 26.0 Å². The first kappa shape index (κ1) is 14.5. The minimum absolute atomic E-state index is 0.122. The second-order valence-electron chi connectivity index (χ2n) is 5.49. The van der Waals surface area contributed by atoms with Gasteiger partial charge in [0.1, 0.15) is 11.3 Å². The molecule has 0 saturated carbocycles. The van der Waals surface area contributed by atoms with Gasteiger partial charge in [0.25, 0.3) is 0 Å². The van der Waals surface area contributed by atoms with Crippen LogP contribution in [0.4, 0.5) is 0 Å². The molecule has 1 aliphatic rings. The van der Waals surface area contributed by atoms with Crippen molar-refractivity contribution in [2.75, 3.05) is 18.8 Å². The van der Waals surface area contributed by atoms with E-state index in [1.54, 1.807) is 10.5 Å². The molecule has 2 aromatic heterocycles. The van der Waals surface area contributed by atoms with Crippen molar-refractivity contribution in [1.82, 2.24) is 18.8 Å². The van der Waals surface area contributed by atoms with Gasteiger partial charge in [-0.25, -0.2) is 18.4 Å². The van der Waals surface area contributed by atoms with Crippen molar-refractivity contribution >= 4 is 21.2 Å². The second-order valence-corrected chi connectivity index (χ2v) is 7.58. The zero-order valence-corrected chi connectivity index (χ0v) is 13.2. The highest BCUT2D eigenvalue weighted by molar-refractivity contribution is 7.89. The van der Waals surface area contributed by atoms with Gasteiger partial charge in [-0.15, -0.1) is 0 Å². The highest BCUT2D eigenvalue weighted by atomic mass is 32.2. The molecule has 1 atom stereocenters. The molecule has 1 fully saturated rings. The van der Waals surface area contributed by atoms with E-state index in [0.717, 1.165) is 23.4 Å². The van der Waals surface area contributed by atoms with Gasteiger partial charge in [-0.3, -0.25) is 0 Å². The minimum Gasteiger partial charge on any atom is -0.308 e. The molecule has 0 N–H and O–H groups in total. The van der Waals surface area contributed by atoms with E-state index in [2.05, 4.69) is 14.5 Å². The summed E-state index contributed by atoms with van der Waals surface area (Å²) in [5.74, 6) is 1.12. The average molecular weight is 308 g/mol. The highest BCUT2D eigenvalue weighted by Crippen LogP contribution is 2.28. The summed E-state index contributed by atoms with van der Waals surface area (Å²) >= 11 is 0. The predicted molar refractivity (Wildman–Crippen MR) is 81.6 cm³/mol. The lowest BCUT2D eigenvalue weighted by Crippen LogP contribution is -2.31. The van der Waals surface area contributed by atoms with Gasteiger partial charge >= 0.3 is 0 Å². The van der Waals surface area contributed by atoms with Crippen LogP contribution in [-0.4, -0.2) is 46.1 Å². The van der Waals surface area contributed by atoms with E-state index < -0.39 is 10.0 Å². The first-order valence-electron chi connectivity index (χ1n) is 7.30. The summed E-state index contributed by atoms with van der Waals surface area (Å²) in [6.45, 7) is 4.94. The molecule has 2 aromatic rings. The molecule has 0 unspecified atom stereocenters. The third kappa shape index (κ3) is 2.55. The molecular weight excluding hydrogens is 288 g/mol. The fraction of sp³-hybridized carbons (Fsp3) is 0.571. The topological polar surface area (TPSA) is 68.1 Å². The molecule has 3 rings (SSSR count). The number of hydrogen-bond donors (Lipinski definition) is 0. The molecule has 7 heteroatoms. The molecule has 114 valence electrons. The van der Waals surface area contributed by atoms with Crippen molar-refractivity contribution in [3.63, 3.8) is 0 Å². The van der Waals surface area contributed by atoms with E-state index in [9.17, 15) is 8.42 Å². The molecule has 0 bridgehead atoms. The quantitative estimate of drug-likeness (QED) is 0.862. The Kier molecular flexibility index (Phi) is 3.71. The Balaban J connectivity index is 1.90. The molecule has 1 saturated heterocycles. The summed E-state index contributed by atoms with van der Waals surface area (Å²) in [4.78, 5) is 8.92. The van der Waals surface area contributed by atoms with Crippen LogP contribution in [0.5, 0.6) is 0 Å². The summed E-state index contributed by atoms with van der Waals surface area (Å²) in [6.07, 6.45) is 3.21. The van der Waals surface area contributed by atoms with Gasteiger partial charge in [-0.2, -0.15) is 4.31 Å². The molecule has 1 aliphatic heterocycles. The Morgan fingerprint density at radius 3 is 3.00 bits per heavy atom. The van der Waals surface area contributed by atoms with E-state index in [0.29, 0.717) is 19.5 Å². The Morgan fingerprint density at radius 1 is 1.43 bits per heavy atom. The van der Waals surface area contributed by atoms with Gasteiger partial charge in [0.15, 0.2) is 5.65 Å². The summed E-state index contributed by atoms with van der Waals surface area (Å²) < 4.78 is 28.1. The normalized spacial score (nSPS) is 20.4. The zero-order valence-electron chi connectivity index (χ0n) is 12.4. The number of imidazole rings is 1. The number of aromatic nitrogens is 3. The predicted octanol–water partition coefficient (Wildman–Crippen LogP) is 1.73. The lowest BCUT2D eigenvalue weighted by Gasteiger charge is -2.17. The Bertz CT molecular complexity index is 753. The van der Waals surface area contributed by atoms with Crippen LogP contribution in [0.15, 0.2) is 18.3 Å². The van der Waals surface area contributed by atoms with Gasteiger partial charge in [-0.05, 0) is 31.9 Å². The van der Waals surface area contributed by atoms with Crippen molar-refractivity contribution in [2.45, 2.75) is 32.7 Å². The molecule has 0 amide bonds. The first-order chi connectivity index (χ1) is 10.0. The van der Waals surface area contributed by atoms with E-state index in [-0.39, 0.29) is 11.8 Å². The number of fused-ring (bicyclic) bond motifs is 1. The smallest absolute Gasteiger partial charge is 0.214 e. The number of rotatable bonds is 4. The SMILES string of the molecule is CCCS(=O)(=O)N1CC[C@@H](n2c(C)nc3cccnc32)C1. The fourth-order valence-electron chi connectivity index (χ4n) is 3.04. The maximum Gasteiger partial charge on any atom is 0.214 e. The monoisotopic (exact) mass is 308 g/mol. The Morgan fingerprint density at radius 2 is 2.24 bits per heavy atom. The molecule has 3 heterocycles. The third-order valence-corrected chi connectivity index (χ3v) is 6.01. The van der Waals surface area contributed by atoms with Gasteiger partial charge in [0, 0.05) is 19.3 Å². The maximum absolute atomic E-state index is 12.2. The van der Waals surface area contributed by atoms with Crippen LogP contribution in [0.25, 0.3) is 11.2 Å². The number of hydrogen-bond acceptors (Lipinski definition) is 4. The average Bonchev–Trinajstić information content (AvgIpc) is 3.01. The zero-order chi connectivity index (χ0) is 15.0. The van der Waals surface area contributed by atoms with Crippen molar-refractivity contribution in [3.8, 4) is 0 Å². The van der Waals surface area contributed by atoms with E-state index in [1.165, 1.54) is 0 Å². The summed E-state index contributed by atoms with van der Waals surface area (Å²) in [7, 11) is -3.12. The van der Waals surface area contributed by atoms with E-state index >= 15 is 0 Å². The van der Waals surface area contributed by atoms with Gasteiger partial charge in [-0.1, -0.05) is 6.92 Å². The second kappa shape index (κ2) is 5.38. The lowest BCUT2D eigenvalue weighted by atomic mass is 10.2. The number of aryl methyl sites for hydroxylation is 1. The summed E-state index contributed by atoms with van der Waals surface area (Å²) in [6, 6.07) is 3.93. The first-order valence-corrected chi connectivity index (χ1v) is 8.91. The number of pyridine rings is 1. The van der Waals surface area contributed by atoms with Gasteiger partial charge < -0.3 is 4.57 Å². The van der Waals surface area contributed by atoms with Crippen molar-refractivity contribution in [1.29, 1.82) is 0 Å². The van der Waals surface area contributed by atoms with Crippen LogP contribution in [-0.2, 0) is 10.0 Å². The lowest BCUT2D eigenvalue weighted by molar-refractivity contribution is 0.451. The third-order valence-electron chi connectivity index (χ3n) is 3.97. The Hall–Kier alpha value is -1.47. The molecular formula is C14H20N4O2S.